The lowest BCUT2D eigenvalue weighted by molar-refractivity contribution is -0.0812. The van der Waals surface area contributed by atoms with Crippen molar-refractivity contribution in [2.45, 2.75) is 18.8 Å². The number of nitrogens with zero attached hydrogens (tertiary/aromatic N) is 1. The fourth-order valence-corrected chi connectivity index (χ4v) is 5.03. The number of para-hydroxylation sites is 1. The van der Waals surface area contributed by atoms with Crippen molar-refractivity contribution in [1.82, 2.24) is 4.90 Å². The van der Waals surface area contributed by atoms with E-state index in [1.807, 2.05) is 18.2 Å². The molecule has 2 aromatic rings. The quantitative estimate of drug-likeness (QED) is 0.570. The standard InChI is InChI=1S/C20H21Br2NO3.ClH/c21-15-9-14(10-16(22)11-15)12-25-19-13-26-18-4-2-1-3-17(18)20(19)23-5-7-24-8-6-23;/h1-4,9-11,19-20H,5-8,12-13H2;1H/t19-,20-;/m0./s1. The predicted octanol–water partition coefficient (Wildman–Crippen LogP) is 4.98. The van der Waals surface area contributed by atoms with Gasteiger partial charge in [0.25, 0.3) is 0 Å². The first kappa shape index (κ1) is 21.1. The lowest BCUT2D eigenvalue weighted by Gasteiger charge is -2.42. The highest BCUT2D eigenvalue weighted by Crippen LogP contribution is 2.38. The second-order valence-electron chi connectivity index (χ2n) is 6.57. The summed E-state index contributed by atoms with van der Waals surface area (Å²) in [5.41, 5.74) is 2.34. The van der Waals surface area contributed by atoms with Crippen molar-refractivity contribution >= 4 is 44.3 Å². The van der Waals surface area contributed by atoms with Gasteiger partial charge in [0, 0.05) is 27.6 Å². The van der Waals surface area contributed by atoms with E-state index in [1.165, 1.54) is 5.56 Å². The molecule has 0 N–H and O–H groups in total. The highest BCUT2D eigenvalue weighted by Gasteiger charge is 2.36. The summed E-state index contributed by atoms with van der Waals surface area (Å²) in [6.07, 6.45) is -0.0132. The molecule has 0 aromatic heterocycles. The van der Waals surface area contributed by atoms with Gasteiger partial charge in [-0.15, -0.1) is 12.4 Å². The maximum atomic E-state index is 6.35. The van der Waals surface area contributed by atoms with E-state index in [0.717, 1.165) is 46.6 Å². The van der Waals surface area contributed by atoms with Crippen LogP contribution in [0.15, 0.2) is 51.4 Å². The lowest BCUT2D eigenvalue weighted by atomic mass is 9.96. The number of morpholine rings is 1. The van der Waals surface area contributed by atoms with Gasteiger partial charge in [0.05, 0.1) is 25.9 Å². The van der Waals surface area contributed by atoms with E-state index in [4.69, 9.17) is 14.2 Å². The molecule has 2 atom stereocenters. The Labute approximate surface area is 182 Å². The fourth-order valence-electron chi connectivity index (χ4n) is 3.64. The van der Waals surface area contributed by atoms with E-state index < -0.39 is 0 Å². The van der Waals surface area contributed by atoms with Crippen molar-refractivity contribution in [1.29, 1.82) is 0 Å². The molecule has 4 rings (SSSR count). The molecule has 2 aromatic carbocycles. The van der Waals surface area contributed by atoms with Gasteiger partial charge in [-0.1, -0.05) is 50.1 Å². The first-order chi connectivity index (χ1) is 12.7. The number of hydrogen-bond donors (Lipinski definition) is 0. The normalized spacial score (nSPS) is 22.4. The highest BCUT2D eigenvalue weighted by molar-refractivity contribution is 9.11. The van der Waals surface area contributed by atoms with Crippen LogP contribution in [-0.4, -0.2) is 43.9 Å². The molecular weight excluding hydrogens is 497 g/mol. The molecule has 1 fully saturated rings. The Hall–Kier alpha value is -0.630. The molecule has 1 saturated heterocycles. The summed E-state index contributed by atoms with van der Waals surface area (Å²) in [4.78, 5) is 2.46. The second-order valence-corrected chi connectivity index (χ2v) is 8.40. The van der Waals surface area contributed by atoms with Crippen LogP contribution in [0.25, 0.3) is 0 Å². The van der Waals surface area contributed by atoms with Gasteiger partial charge in [0.15, 0.2) is 0 Å². The Morgan fingerprint density at radius 1 is 1.04 bits per heavy atom. The molecule has 7 heteroatoms. The average Bonchev–Trinajstić information content (AvgIpc) is 2.66. The van der Waals surface area contributed by atoms with Gasteiger partial charge in [-0.2, -0.15) is 0 Å². The Morgan fingerprint density at radius 3 is 2.48 bits per heavy atom. The lowest BCUT2D eigenvalue weighted by Crippen LogP contribution is -2.47. The molecule has 0 bridgehead atoms. The summed E-state index contributed by atoms with van der Waals surface area (Å²) in [6, 6.07) is 14.7. The molecule has 2 heterocycles. The fraction of sp³-hybridized carbons (Fsp3) is 0.400. The van der Waals surface area contributed by atoms with Crippen LogP contribution >= 0.6 is 44.3 Å². The number of halogens is 3. The average molecular weight is 520 g/mol. The first-order valence-corrected chi connectivity index (χ1v) is 10.4. The largest absolute Gasteiger partial charge is 0.490 e. The van der Waals surface area contributed by atoms with E-state index in [0.29, 0.717) is 13.2 Å². The van der Waals surface area contributed by atoms with Crippen LogP contribution in [0.1, 0.15) is 17.2 Å². The van der Waals surface area contributed by atoms with E-state index >= 15 is 0 Å². The van der Waals surface area contributed by atoms with Crippen LogP contribution in [0.5, 0.6) is 5.75 Å². The monoisotopic (exact) mass is 517 g/mol. The van der Waals surface area contributed by atoms with Crippen molar-refractivity contribution in [3.05, 3.63) is 62.5 Å². The maximum Gasteiger partial charge on any atom is 0.124 e. The van der Waals surface area contributed by atoms with Crippen molar-refractivity contribution in [2.75, 3.05) is 32.9 Å². The van der Waals surface area contributed by atoms with Gasteiger partial charge in [0.2, 0.25) is 0 Å². The predicted molar refractivity (Wildman–Crippen MR) is 115 cm³/mol. The van der Waals surface area contributed by atoms with Crippen LogP contribution in [0.4, 0.5) is 0 Å². The zero-order chi connectivity index (χ0) is 17.9. The Kier molecular flexibility index (Phi) is 7.59. The van der Waals surface area contributed by atoms with Crippen molar-refractivity contribution in [3.8, 4) is 5.75 Å². The van der Waals surface area contributed by atoms with E-state index in [2.05, 4.69) is 61.0 Å². The molecule has 2 aliphatic rings. The second kappa shape index (κ2) is 9.72. The zero-order valence-corrected chi connectivity index (χ0v) is 18.8. The van der Waals surface area contributed by atoms with E-state index in [1.54, 1.807) is 0 Å². The number of hydrogen-bond acceptors (Lipinski definition) is 4. The van der Waals surface area contributed by atoms with Crippen LogP contribution in [0.3, 0.4) is 0 Å². The molecule has 2 aliphatic heterocycles. The van der Waals surface area contributed by atoms with E-state index in [9.17, 15) is 0 Å². The summed E-state index contributed by atoms with van der Waals surface area (Å²) >= 11 is 7.08. The molecule has 27 heavy (non-hydrogen) atoms. The van der Waals surface area contributed by atoms with Gasteiger partial charge in [-0.05, 0) is 29.8 Å². The molecule has 146 valence electrons. The third kappa shape index (κ3) is 5.05. The van der Waals surface area contributed by atoms with Crippen molar-refractivity contribution in [3.63, 3.8) is 0 Å². The Morgan fingerprint density at radius 2 is 1.74 bits per heavy atom. The van der Waals surface area contributed by atoms with Crippen molar-refractivity contribution < 1.29 is 14.2 Å². The van der Waals surface area contributed by atoms with Crippen molar-refractivity contribution in [2.24, 2.45) is 0 Å². The molecule has 0 radical (unpaired) electrons. The molecule has 0 spiro atoms. The molecule has 4 nitrogen and oxygen atoms in total. The number of ether oxygens (including phenoxy) is 3. The third-order valence-corrected chi connectivity index (χ3v) is 5.73. The molecular formula is C20H22Br2ClNO3. The van der Waals surface area contributed by atoms with Crippen LogP contribution in [0, 0.1) is 0 Å². The topological polar surface area (TPSA) is 30.9 Å². The highest BCUT2D eigenvalue weighted by atomic mass is 79.9. The SMILES string of the molecule is Brc1cc(Br)cc(CO[C@H]2COc3ccccc3[C@@H]2N2CCOCC2)c1.Cl. The maximum absolute atomic E-state index is 6.35. The first-order valence-electron chi connectivity index (χ1n) is 8.81. The minimum atomic E-state index is -0.0132. The summed E-state index contributed by atoms with van der Waals surface area (Å²) in [5, 5.41) is 0. The number of benzene rings is 2. The van der Waals surface area contributed by atoms with Gasteiger partial charge in [0.1, 0.15) is 18.5 Å². The summed E-state index contributed by atoms with van der Waals surface area (Å²) < 4.78 is 20.0. The molecule has 0 amide bonds. The Balaban J connectivity index is 0.00000210. The summed E-state index contributed by atoms with van der Waals surface area (Å²) in [5.74, 6) is 0.967. The summed E-state index contributed by atoms with van der Waals surface area (Å²) in [6.45, 7) is 4.49. The van der Waals surface area contributed by atoms with Gasteiger partial charge < -0.3 is 14.2 Å². The third-order valence-electron chi connectivity index (χ3n) is 4.82. The number of fused-ring (bicyclic) bond motifs is 1. The van der Waals surface area contributed by atoms with Crippen LogP contribution < -0.4 is 4.74 Å². The van der Waals surface area contributed by atoms with Crippen LogP contribution in [0.2, 0.25) is 0 Å². The molecule has 0 saturated carbocycles. The van der Waals surface area contributed by atoms with Gasteiger partial charge >= 0.3 is 0 Å². The molecule has 0 aliphatic carbocycles. The number of rotatable bonds is 4. The molecule has 0 unspecified atom stereocenters. The van der Waals surface area contributed by atoms with E-state index in [-0.39, 0.29) is 24.6 Å². The summed E-state index contributed by atoms with van der Waals surface area (Å²) in [7, 11) is 0. The minimum absolute atomic E-state index is 0. The smallest absolute Gasteiger partial charge is 0.124 e. The zero-order valence-electron chi connectivity index (χ0n) is 14.8. The van der Waals surface area contributed by atoms with Gasteiger partial charge in [-0.3, -0.25) is 4.90 Å². The minimum Gasteiger partial charge on any atom is -0.490 e. The Bertz CT molecular complexity index is 750. The van der Waals surface area contributed by atoms with Gasteiger partial charge in [-0.25, -0.2) is 0 Å². The van der Waals surface area contributed by atoms with Crippen LogP contribution in [-0.2, 0) is 16.1 Å².